The lowest BCUT2D eigenvalue weighted by Gasteiger charge is -2.44. The van der Waals surface area contributed by atoms with E-state index < -0.39 is 17.5 Å². The minimum Gasteiger partial charge on any atom is -0.481 e. The Labute approximate surface area is 182 Å². The van der Waals surface area contributed by atoms with Crippen LogP contribution in [0.3, 0.4) is 0 Å². The van der Waals surface area contributed by atoms with Gasteiger partial charge < -0.3 is 30.6 Å². The highest BCUT2D eigenvalue weighted by Crippen LogP contribution is 2.37. The average molecular weight is 427 g/mol. The van der Waals surface area contributed by atoms with Crippen molar-refractivity contribution in [2.75, 3.05) is 61.8 Å². The number of likely N-dealkylation sites (N-methyl/N-ethyl adjacent to an activating group) is 1. The van der Waals surface area contributed by atoms with Crippen molar-refractivity contribution in [3.8, 4) is 0 Å². The first kappa shape index (κ1) is 21.3. The first-order valence-electron chi connectivity index (χ1n) is 10.7. The number of piperazine rings is 1. The summed E-state index contributed by atoms with van der Waals surface area (Å²) in [5.41, 5.74) is 5.58. The fourth-order valence-corrected chi connectivity index (χ4v) is 4.49. The summed E-state index contributed by atoms with van der Waals surface area (Å²) in [5, 5.41) is 20.9. The predicted octanol–water partition coefficient (Wildman–Crippen LogP) is 0.695. The van der Waals surface area contributed by atoms with Crippen LogP contribution < -0.4 is 15.5 Å². The van der Waals surface area contributed by atoms with Crippen molar-refractivity contribution in [2.24, 2.45) is 5.41 Å². The van der Waals surface area contributed by atoms with Gasteiger partial charge in [0, 0.05) is 45.3 Å². The number of hydrogen-bond acceptors (Lipinski definition) is 8. The van der Waals surface area contributed by atoms with Crippen LogP contribution in [0.4, 0.5) is 17.6 Å². The molecule has 1 aromatic heterocycles. The molecule has 2 aromatic rings. The van der Waals surface area contributed by atoms with Crippen molar-refractivity contribution >= 4 is 23.6 Å². The molecule has 4 N–H and O–H groups in total. The van der Waals surface area contributed by atoms with Crippen LogP contribution >= 0.6 is 0 Å². The Morgan fingerprint density at radius 3 is 2.39 bits per heavy atom. The Balaban J connectivity index is 1.62. The number of nitrogen functional groups attached to an aromatic ring is 1. The minimum absolute atomic E-state index is 0.150. The fourth-order valence-electron chi connectivity index (χ4n) is 4.49. The van der Waals surface area contributed by atoms with E-state index in [9.17, 15) is 15.0 Å². The van der Waals surface area contributed by atoms with E-state index in [1.165, 1.54) is 0 Å². The van der Waals surface area contributed by atoms with Crippen molar-refractivity contribution in [3.63, 3.8) is 0 Å². The van der Waals surface area contributed by atoms with Crippen LogP contribution in [0.2, 0.25) is 0 Å². The summed E-state index contributed by atoms with van der Waals surface area (Å²) < 4.78 is 0. The number of carboxylic acids is 1. The van der Waals surface area contributed by atoms with Crippen LogP contribution in [0.25, 0.3) is 0 Å². The number of nitrogens with two attached hydrogens (primary N) is 1. The van der Waals surface area contributed by atoms with Gasteiger partial charge in [0.1, 0.15) is 17.1 Å². The van der Waals surface area contributed by atoms with Gasteiger partial charge in [-0.05, 0) is 25.5 Å². The third-order valence-electron chi connectivity index (χ3n) is 6.44. The molecule has 0 bridgehead atoms. The number of piperidine rings is 1. The normalized spacial score (nSPS) is 24.9. The summed E-state index contributed by atoms with van der Waals surface area (Å²) in [7, 11) is 2.09. The SMILES string of the molecule is CN1CCN(c2cc(N3CC[C@@H](O)[C@](Cc4ccccc4)(C(=O)O)C3)nc(N)n2)CC1. The molecule has 0 aliphatic carbocycles. The van der Waals surface area contributed by atoms with E-state index in [1.807, 2.05) is 41.3 Å². The van der Waals surface area contributed by atoms with Crippen molar-refractivity contribution < 1.29 is 15.0 Å². The highest BCUT2D eigenvalue weighted by atomic mass is 16.4. The van der Waals surface area contributed by atoms with E-state index in [-0.39, 0.29) is 18.9 Å². The van der Waals surface area contributed by atoms with Crippen molar-refractivity contribution in [1.82, 2.24) is 14.9 Å². The number of aliphatic hydroxyl groups excluding tert-OH is 1. The molecule has 4 rings (SSSR count). The van der Waals surface area contributed by atoms with Crippen molar-refractivity contribution in [1.29, 1.82) is 0 Å². The van der Waals surface area contributed by atoms with Crippen LogP contribution in [0.5, 0.6) is 0 Å². The van der Waals surface area contributed by atoms with E-state index in [4.69, 9.17) is 5.73 Å². The molecule has 9 nitrogen and oxygen atoms in total. The number of carbonyl (C=O) groups is 1. The lowest BCUT2D eigenvalue weighted by molar-refractivity contribution is -0.157. The van der Waals surface area contributed by atoms with E-state index >= 15 is 0 Å². The van der Waals surface area contributed by atoms with Gasteiger partial charge in [0.25, 0.3) is 0 Å². The Bertz CT molecular complexity index is 919. The molecule has 2 atom stereocenters. The van der Waals surface area contributed by atoms with Crippen LogP contribution in [0.1, 0.15) is 12.0 Å². The Morgan fingerprint density at radius 2 is 1.74 bits per heavy atom. The lowest BCUT2D eigenvalue weighted by Crippen LogP contribution is -2.57. The van der Waals surface area contributed by atoms with E-state index in [1.54, 1.807) is 0 Å². The van der Waals surface area contributed by atoms with Gasteiger partial charge in [-0.3, -0.25) is 4.79 Å². The molecule has 9 heteroatoms. The number of aliphatic carboxylic acids is 1. The van der Waals surface area contributed by atoms with Crippen molar-refractivity contribution in [2.45, 2.75) is 18.9 Å². The van der Waals surface area contributed by atoms with Gasteiger partial charge in [0.15, 0.2) is 0 Å². The molecule has 2 aliphatic rings. The summed E-state index contributed by atoms with van der Waals surface area (Å²) in [5.74, 6) is 0.522. The molecule has 0 unspecified atom stereocenters. The number of rotatable bonds is 5. The molecule has 0 saturated carbocycles. The summed E-state index contributed by atoms with van der Waals surface area (Å²) in [6.07, 6.45) is -0.364. The zero-order chi connectivity index (χ0) is 22.0. The quantitative estimate of drug-likeness (QED) is 0.634. The van der Waals surface area contributed by atoms with Gasteiger partial charge in [-0.2, -0.15) is 9.97 Å². The topological polar surface area (TPSA) is 119 Å². The highest BCUT2D eigenvalue weighted by Gasteiger charge is 2.49. The maximum atomic E-state index is 12.4. The Kier molecular flexibility index (Phi) is 5.97. The molecular formula is C22H30N6O3. The van der Waals surface area contributed by atoms with Crippen LogP contribution in [0.15, 0.2) is 36.4 Å². The Morgan fingerprint density at radius 1 is 1.10 bits per heavy atom. The maximum absolute atomic E-state index is 12.4. The molecular weight excluding hydrogens is 396 g/mol. The van der Waals surface area contributed by atoms with E-state index in [2.05, 4.69) is 26.8 Å². The van der Waals surface area contributed by atoms with Crippen LogP contribution in [0, 0.1) is 5.41 Å². The number of nitrogens with zero attached hydrogens (tertiary/aromatic N) is 5. The minimum atomic E-state index is -1.33. The largest absolute Gasteiger partial charge is 0.481 e. The second kappa shape index (κ2) is 8.68. The highest BCUT2D eigenvalue weighted by molar-refractivity contribution is 5.77. The first-order chi connectivity index (χ1) is 14.9. The number of hydrogen-bond donors (Lipinski definition) is 3. The number of benzene rings is 1. The van der Waals surface area contributed by atoms with Gasteiger partial charge in [-0.15, -0.1) is 0 Å². The second-order valence-corrected chi connectivity index (χ2v) is 8.58. The number of aromatic nitrogens is 2. The lowest BCUT2D eigenvalue weighted by atomic mass is 9.73. The molecule has 3 heterocycles. The van der Waals surface area contributed by atoms with Crippen LogP contribution in [-0.2, 0) is 11.2 Å². The van der Waals surface area contributed by atoms with Gasteiger partial charge in [0.05, 0.1) is 6.10 Å². The number of anilines is 3. The van der Waals surface area contributed by atoms with Gasteiger partial charge in [-0.1, -0.05) is 30.3 Å². The smallest absolute Gasteiger partial charge is 0.314 e. The summed E-state index contributed by atoms with van der Waals surface area (Å²) in [4.78, 5) is 27.6. The predicted molar refractivity (Wildman–Crippen MR) is 119 cm³/mol. The molecule has 0 spiro atoms. The second-order valence-electron chi connectivity index (χ2n) is 8.58. The molecule has 2 saturated heterocycles. The van der Waals surface area contributed by atoms with Gasteiger partial charge >= 0.3 is 5.97 Å². The fraction of sp³-hybridized carbons (Fsp3) is 0.500. The molecule has 31 heavy (non-hydrogen) atoms. The molecule has 0 amide bonds. The maximum Gasteiger partial charge on any atom is 0.314 e. The van der Waals surface area contributed by atoms with Crippen molar-refractivity contribution in [3.05, 3.63) is 42.0 Å². The molecule has 2 fully saturated rings. The van der Waals surface area contributed by atoms with Gasteiger partial charge in [0.2, 0.25) is 5.95 Å². The molecule has 166 valence electrons. The molecule has 2 aliphatic heterocycles. The van der Waals surface area contributed by atoms with E-state index in [0.29, 0.717) is 18.8 Å². The monoisotopic (exact) mass is 426 g/mol. The zero-order valence-corrected chi connectivity index (χ0v) is 17.8. The number of carboxylic acid groups (broad SMARTS) is 1. The summed E-state index contributed by atoms with van der Waals surface area (Å²) in [6.45, 7) is 4.22. The Hall–Kier alpha value is -2.91. The first-order valence-corrected chi connectivity index (χ1v) is 10.7. The van der Waals surface area contributed by atoms with Gasteiger partial charge in [-0.25, -0.2) is 0 Å². The average Bonchev–Trinajstić information content (AvgIpc) is 2.76. The standard InChI is InChI=1S/C22H30N6O3/c1-26-9-11-27(12-10-26)18-13-19(25-21(23)24-18)28-8-7-17(29)22(15-28,20(30)31)14-16-5-3-2-4-6-16/h2-6,13,17,29H,7-12,14-15H2,1H3,(H,30,31)(H2,23,24,25)/t17-,22-/m1/s1. The summed E-state index contributed by atoms with van der Waals surface area (Å²) in [6, 6.07) is 11.3. The molecule has 0 radical (unpaired) electrons. The third kappa shape index (κ3) is 4.42. The molecule has 1 aromatic carbocycles. The van der Waals surface area contributed by atoms with Crippen LogP contribution in [-0.4, -0.2) is 83.5 Å². The zero-order valence-electron chi connectivity index (χ0n) is 17.8. The third-order valence-corrected chi connectivity index (χ3v) is 6.44. The summed E-state index contributed by atoms with van der Waals surface area (Å²) >= 11 is 0. The van der Waals surface area contributed by atoms with E-state index in [0.717, 1.165) is 37.6 Å². The number of aliphatic hydroxyl groups is 1.